The standard InChI is InChI=1S/C10H20NO6P/c1-7(12)8(18(14,15-5)16-6)11-9(13)17-10(2,3)4/h8H,1-6H3,(H,11,13). The van der Waals surface area contributed by atoms with Gasteiger partial charge in [-0.1, -0.05) is 0 Å². The lowest BCUT2D eigenvalue weighted by molar-refractivity contribution is -0.117. The first-order valence-corrected chi connectivity index (χ1v) is 6.88. The highest BCUT2D eigenvalue weighted by Crippen LogP contribution is 2.50. The largest absolute Gasteiger partial charge is 0.444 e. The van der Waals surface area contributed by atoms with E-state index < -0.39 is 30.9 Å². The van der Waals surface area contributed by atoms with Crippen LogP contribution in [0.15, 0.2) is 0 Å². The van der Waals surface area contributed by atoms with Crippen molar-refractivity contribution in [3.63, 3.8) is 0 Å². The normalized spacial score (nSPS) is 13.9. The molecule has 0 aliphatic heterocycles. The highest BCUT2D eigenvalue weighted by atomic mass is 31.2. The number of alkyl carbamates (subject to hydrolysis) is 1. The van der Waals surface area contributed by atoms with E-state index in [1.807, 2.05) is 0 Å². The number of ether oxygens (including phenoxy) is 1. The zero-order valence-electron chi connectivity index (χ0n) is 11.5. The Bertz CT molecular complexity index is 354. The van der Waals surface area contributed by atoms with Crippen molar-refractivity contribution in [2.75, 3.05) is 14.2 Å². The molecule has 7 nitrogen and oxygen atoms in total. The molecule has 1 atom stereocenters. The number of hydrogen-bond donors (Lipinski definition) is 1. The Balaban J connectivity index is 4.91. The van der Waals surface area contributed by atoms with E-state index in [1.54, 1.807) is 20.8 Å². The quantitative estimate of drug-likeness (QED) is 0.774. The first kappa shape index (κ1) is 17.1. The van der Waals surface area contributed by atoms with Crippen molar-refractivity contribution in [1.82, 2.24) is 5.32 Å². The van der Waals surface area contributed by atoms with E-state index >= 15 is 0 Å². The van der Waals surface area contributed by atoms with Crippen molar-refractivity contribution in [3.05, 3.63) is 0 Å². The summed E-state index contributed by atoms with van der Waals surface area (Å²) in [6, 6.07) is 0. The Kier molecular flexibility index (Phi) is 5.99. The van der Waals surface area contributed by atoms with E-state index in [9.17, 15) is 14.2 Å². The van der Waals surface area contributed by atoms with Gasteiger partial charge in [0.1, 0.15) is 5.60 Å². The highest BCUT2D eigenvalue weighted by Gasteiger charge is 2.39. The Morgan fingerprint density at radius 3 is 1.89 bits per heavy atom. The minimum atomic E-state index is -3.73. The van der Waals surface area contributed by atoms with Gasteiger partial charge in [0.05, 0.1) is 0 Å². The van der Waals surface area contributed by atoms with Gasteiger partial charge in [0.25, 0.3) is 0 Å². The van der Waals surface area contributed by atoms with E-state index in [-0.39, 0.29) is 0 Å². The fourth-order valence-corrected chi connectivity index (χ4v) is 2.39. The van der Waals surface area contributed by atoms with Crippen molar-refractivity contribution in [2.45, 2.75) is 39.1 Å². The molecule has 1 unspecified atom stereocenters. The topological polar surface area (TPSA) is 90.9 Å². The van der Waals surface area contributed by atoms with E-state index in [1.165, 1.54) is 6.92 Å². The van der Waals surface area contributed by atoms with Crippen molar-refractivity contribution in [2.24, 2.45) is 0 Å². The number of amides is 1. The molecule has 1 N–H and O–H groups in total. The minimum Gasteiger partial charge on any atom is -0.444 e. The molecule has 8 heteroatoms. The predicted octanol–water partition coefficient (Wildman–Crippen LogP) is 1.91. The molecule has 0 aromatic rings. The summed E-state index contributed by atoms with van der Waals surface area (Å²) in [6.45, 7) is 6.18. The molecule has 0 aliphatic carbocycles. The zero-order chi connectivity index (χ0) is 14.6. The number of carbonyl (C=O) groups excluding carboxylic acids is 2. The van der Waals surface area contributed by atoms with E-state index in [4.69, 9.17) is 4.74 Å². The first-order chi connectivity index (χ1) is 8.05. The summed E-state index contributed by atoms with van der Waals surface area (Å²) in [5, 5.41) is 2.19. The summed E-state index contributed by atoms with van der Waals surface area (Å²) in [4.78, 5) is 22.9. The van der Waals surface area contributed by atoms with Crippen LogP contribution in [0.3, 0.4) is 0 Å². The van der Waals surface area contributed by atoms with Gasteiger partial charge in [-0.05, 0) is 27.7 Å². The van der Waals surface area contributed by atoms with Crippen LogP contribution in [0.4, 0.5) is 4.79 Å². The molecule has 1 amide bonds. The second kappa shape index (κ2) is 6.31. The lowest BCUT2D eigenvalue weighted by Crippen LogP contribution is -2.43. The first-order valence-electron chi connectivity index (χ1n) is 5.27. The number of rotatable bonds is 5. The van der Waals surface area contributed by atoms with Crippen LogP contribution in [0.2, 0.25) is 0 Å². The third-order valence-corrected chi connectivity index (χ3v) is 4.01. The van der Waals surface area contributed by atoms with Crippen LogP contribution in [-0.4, -0.2) is 37.5 Å². The van der Waals surface area contributed by atoms with Gasteiger partial charge >= 0.3 is 13.7 Å². The Morgan fingerprint density at radius 2 is 1.61 bits per heavy atom. The maximum Gasteiger partial charge on any atom is 0.408 e. The fraction of sp³-hybridized carbons (Fsp3) is 0.800. The van der Waals surface area contributed by atoms with E-state index in [0.717, 1.165) is 14.2 Å². The van der Waals surface area contributed by atoms with Crippen LogP contribution < -0.4 is 5.32 Å². The molecule has 0 aromatic heterocycles. The third-order valence-electron chi connectivity index (χ3n) is 1.86. The molecule has 0 bridgehead atoms. The van der Waals surface area contributed by atoms with E-state index in [0.29, 0.717) is 0 Å². The van der Waals surface area contributed by atoms with Crippen LogP contribution in [0.5, 0.6) is 0 Å². The maximum absolute atomic E-state index is 12.1. The van der Waals surface area contributed by atoms with Crippen LogP contribution >= 0.6 is 7.60 Å². The summed E-state index contributed by atoms with van der Waals surface area (Å²) < 4.78 is 26.4. The summed E-state index contributed by atoms with van der Waals surface area (Å²) >= 11 is 0. The number of hydrogen-bond acceptors (Lipinski definition) is 6. The number of ketones is 1. The Morgan fingerprint density at radius 1 is 1.17 bits per heavy atom. The lowest BCUT2D eigenvalue weighted by atomic mass is 10.2. The Hall–Kier alpha value is -0.910. The van der Waals surface area contributed by atoms with Crippen LogP contribution in [-0.2, 0) is 23.1 Å². The molecule has 0 saturated heterocycles. The maximum atomic E-state index is 12.1. The zero-order valence-corrected chi connectivity index (χ0v) is 12.4. The summed E-state index contributed by atoms with van der Waals surface area (Å²) in [7, 11) is -1.46. The molecule has 0 spiro atoms. The third kappa shape index (κ3) is 5.16. The molecule has 0 radical (unpaired) electrons. The number of Topliss-reactive ketones (excluding diaryl/α,β-unsaturated/α-hetero) is 1. The molecule has 0 aromatic carbocycles. The van der Waals surface area contributed by atoms with Gasteiger partial charge < -0.3 is 19.1 Å². The van der Waals surface area contributed by atoms with Gasteiger partial charge in [-0.3, -0.25) is 9.36 Å². The highest BCUT2D eigenvalue weighted by molar-refractivity contribution is 7.55. The van der Waals surface area contributed by atoms with Gasteiger partial charge in [0, 0.05) is 14.2 Å². The van der Waals surface area contributed by atoms with E-state index in [2.05, 4.69) is 14.4 Å². The van der Waals surface area contributed by atoms with Gasteiger partial charge in [0.15, 0.2) is 11.6 Å². The molecular weight excluding hydrogens is 261 g/mol. The van der Waals surface area contributed by atoms with Gasteiger partial charge in [-0.2, -0.15) is 0 Å². The average Bonchev–Trinajstić information content (AvgIpc) is 2.22. The molecular formula is C10H20NO6P. The van der Waals surface area contributed by atoms with Crippen molar-refractivity contribution in [1.29, 1.82) is 0 Å². The minimum absolute atomic E-state index is 0.548. The van der Waals surface area contributed by atoms with Crippen LogP contribution in [0.1, 0.15) is 27.7 Å². The van der Waals surface area contributed by atoms with Crippen LogP contribution in [0.25, 0.3) is 0 Å². The fourth-order valence-electron chi connectivity index (χ4n) is 1.11. The summed E-state index contributed by atoms with van der Waals surface area (Å²) in [5.74, 6) is -1.93. The molecule has 0 aliphatic rings. The lowest BCUT2D eigenvalue weighted by Gasteiger charge is -2.25. The van der Waals surface area contributed by atoms with Crippen molar-refractivity contribution < 1.29 is 27.9 Å². The molecule has 18 heavy (non-hydrogen) atoms. The second-order valence-electron chi connectivity index (χ2n) is 4.56. The summed E-state index contributed by atoms with van der Waals surface area (Å²) in [5.41, 5.74) is -0.727. The monoisotopic (exact) mass is 281 g/mol. The molecule has 0 heterocycles. The van der Waals surface area contributed by atoms with Crippen LogP contribution in [0, 0.1) is 0 Å². The molecule has 0 rings (SSSR count). The van der Waals surface area contributed by atoms with Crippen molar-refractivity contribution in [3.8, 4) is 0 Å². The number of carbonyl (C=O) groups is 2. The summed E-state index contributed by atoms with van der Waals surface area (Å²) in [6.07, 6.45) is -0.864. The van der Waals surface area contributed by atoms with Gasteiger partial charge in [0.2, 0.25) is 0 Å². The van der Waals surface area contributed by atoms with Crippen molar-refractivity contribution >= 4 is 19.5 Å². The SMILES string of the molecule is COP(=O)(OC)C(NC(=O)OC(C)(C)C)C(C)=O. The molecule has 106 valence electrons. The Labute approximate surface area is 107 Å². The average molecular weight is 281 g/mol. The smallest absolute Gasteiger partial charge is 0.408 e. The van der Waals surface area contributed by atoms with Gasteiger partial charge in [-0.25, -0.2) is 4.79 Å². The second-order valence-corrected chi connectivity index (χ2v) is 6.89. The molecule has 0 saturated carbocycles. The molecule has 0 fully saturated rings. The number of nitrogens with one attached hydrogen (secondary N) is 1. The van der Waals surface area contributed by atoms with Gasteiger partial charge in [-0.15, -0.1) is 0 Å². The predicted molar refractivity (Wildman–Crippen MR) is 65.5 cm³/mol.